The van der Waals surface area contributed by atoms with Crippen molar-refractivity contribution >= 4 is 17.1 Å². The highest BCUT2D eigenvalue weighted by Gasteiger charge is 2.41. The zero-order valence-corrected chi connectivity index (χ0v) is 19.7. The highest BCUT2D eigenvalue weighted by Crippen LogP contribution is 2.41. The second-order valence-electron chi connectivity index (χ2n) is 9.20. The quantitative estimate of drug-likeness (QED) is 0.483. The predicted molar refractivity (Wildman–Crippen MR) is 126 cm³/mol. The second kappa shape index (κ2) is 9.29. The van der Waals surface area contributed by atoms with Gasteiger partial charge in [-0.25, -0.2) is 4.39 Å². The topological polar surface area (TPSA) is 88.5 Å². The van der Waals surface area contributed by atoms with Gasteiger partial charge in [0, 0.05) is 24.2 Å². The largest absolute Gasteiger partial charge is 0.342 e. The number of nitrogens with zero attached hydrogens (tertiary/aromatic N) is 4. The van der Waals surface area contributed by atoms with Crippen molar-refractivity contribution in [3.8, 4) is 0 Å². The Labute approximate surface area is 193 Å². The molecular weight excluding hydrogens is 419 g/mol. The van der Waals surface area contributed by atoms with Crippen LogP contribution in [0.1, 0.15) is 82.1 Å². The van der Waals surface area contributed by atoms with Gasteiger partial charge < -0.3 is 10.3 Å². The summed E-state index contributed by atoms with van der Waals surface area (Å²) in [6.07, 6.45) is 7.83. The minimum absolute atomic E-state index is 0.176. The van der Waals surface area contributed by atoms with Crippen LogP contribution in [0, 0.1) is 5.82 Å². The number of benzene rings is 1. The van der Waals surface area contributed by atoms with Gasteiger partial charge in [-0.15, -0.1) is 10.2 Å². The van der Waals surface area contributed by atoms with Gasteiger partial charge in [0.2, 0.25) is 0 Å². The second-order valence-corrected chi connectivity index (χ2v) is 9.20. The molecule has 1 aromatic carbocycles. The molecule has 33 heavy (non-hydrogen) atoms. The number of halogens is 1. The van der Waals surface area contributed by atoms with E-state index in [0.29, 0.717) is 34.6 Å². The Morgan fingerprint density at radius 3 is 2.70 bits per heavy atom. The van der Waals surface area contributed by atoms with Gasteiger partial charge in [0.05, 0.1) is 16.8 Å². The fourth-order valence-electron chi connectivity index (χ4n) is 4.42. The minimum Gasteiger partial charge on any atom is -0.342 e. The van der Waals surface area contributed by atoms with Gasteiger partial charge in [-0.1, -0.05) is 31.9 Å². The number of aromatic amines is 1. The van der Waals surface area contributed by atoms with E-state index < -0.39 is 5.54 Å². The highest BCUT2D eigenvalue weighted by molar-refractivity contribution is 6.27. The maximum absolute atomic E-state index is 15.3. The molecule has 0 saturated heterocycles. The molecule has 2 aromatic heterocycles. The Kier molecular flexibility index (Phi) is 6.44. The molecule has 0 bridgehead atoms. The lowest BCUT2D eigenvalue weighted by molar-refractivity contribution is -0.117. The summed E-state index contributed by atoms with van der Waals surface area (Å²) in [5, 5.41) is 15.6. The third-order valence-electron chi connectivity index (χ3n) is 6.25. The third-order valence-corrected chi connectivity index (χ3v) is 6.25. The van der Waals surface area contributed by atoms with E-state index >= 15 is 4.39 Å². The van der Waals surface area contributed by atoms with Gasteiger partial charge in [0.15, 0.2) is 5.82 Å². The van der Waals surface area contributed by atoms with Crippen LogP contribution < -0.4 is 5.32 Å². The maximum atomic E-state index is 15.3. The van der Waals surface area contributed by atoms with E-state index in [1.807, 2.05) is 43.8 Å². The first kappa shape index (κ1) is 22.9. The molecule has 0 spiro atoms. The van der Waals surface area contributed by atoms with Crippen molar-refractivity contribution in [2.75, 3.05) is 0 Å². The Morgan fingerprint density at radius 2 is 2.06 bits per heavy atom. The van der Waals surface area contributed by atoms with Crippen LogP contribution in [0.25, 0.3) is 11.1 Å². The van der Waals surface area contributed by atoms with Crippen LogP contribution in [0.5, 0.6) is 0 Å². The molecule has 2 N–H and O–H groups in total. The number of H-pyrrole nitrogens is 1. The lowest BCUT2D eigenvalue weighted by atomic mass is 9.79. The molecule has 8 heteroatoms. The van der Waals surface area contributed by atoms with Crippen molar-refractivity contribution in [3.63, 3.8) is 0 Å². The molecule has 3 heterocycles. The monoisotopic (exact) mass is 450 g/mol. The van der Waals surface area contributed by atoms with Crippen molar-refractivity contribution in [1.82, 2.24) is 30.3 Å². The number of unbranched alkanes of at least 4 members (excludes halogenated alkanes) is 2. The molecule has 1 aliphatic heterocycles. The Morgan fingerprint density at radius 1 is 1.24 bits per heavy atom. The molecule has 1 aliphatic rings. The van der Waals surface area contributed by atoms with E-state index in [-0.39, 0.29) is 17.8 Å². The Hall–Kier alpha value is -3.29. The molecule has 0 unspecified atom stereocenters. The third kappa shape index (κ3) is 4.60. The van der Waals surface area contributed by atoms with Gasteiger partial charge in [-0.3, -0.25) is 9.48 Å². The van der Waals surface area contributed by atoms with Crippen molar-refractivity contribution in [1.29, 1.82) is 0 Å². The first-order valence-corrected chi connectivity index (χ1v) is 11.6. The number of carbonyl (C=O) groups is 1. The van der Waals surface area contributed by atoms with E-state index in [4.69, 9.17) is 0 Å². The minimum atomic E-state index is -0.927. The number of aromatic nitrogens is 5. The van der Waals surface area contributed by atoms with Crippen LogP contribution in [-0.4, -0.2) is 30.9 Å². The van der Waals surface area contributed by atoms with Gasteiger partial charge in [0.25, 0.3) is 5.91 Å². The van der Waals surface area contributed by atoms with Crippen LogP contribution in [-0.2, 0) is 16.8 Å². The van der Waals surface area contributed by atoms with Crippen LogP contribution >= 0.6 is 0 Å². The van der Waals surface area contributed by atoms with Crippen molar-refractivity contribution in [3.05, 3.63) is 65.3 Å². The molecule has 1 amide bonds. The summed E-state index contributed by atoms with van der Waals surface area (Å²) in [5.74, 6) is -0.265. The van der Waals surface area contributed by atoms with Crippen LogP contribution in [0.2, 0.25) is 0 Å². The van der Waals surface area contributed by atoms with Gasteiger partial charge in [-0.05, 0) is 56.9 Å². The van der Waals surface area contributed by atoms with Crippen LogP contribution in [0.4, 0.5) is 4.39 Å². The summed E-state index contributed by atoms with van der Waals surface area (Å²) < 4.78 is 17.2. The summed E-state index contributed by atoms with van der Waals surface area (Å²) in [6.45, 7) is 8.09. The Balaban J connectivity index is 1.74. The molecule has 0 aliphatic carbocycles. The molecule has 174 valence electrons. The summed E-state index contributed by atoms with van der Waals surface area (Å²) in [5.41, 5.74) is 2.28. The number of amides is 1. The van der Waals surface area contributed by atoms with Gasteiger partial charge >= 0.3 is 0 Å². The molecule has 1 atom stereocenters. The summed E-state index contributed by atoms with van der Waals surface area (Å²) in [4.78, 5) is 16.3. The molecule has 0 saturated carbocycles. The molecule has 0 fully saturated rings. The zero-order valence-electron chi connectivity index (χ0n) is 19.7. The average Bonchev–Trinajstić information content (AvgIpc) is 3.46. The number of rotatable bonds is 8. The maximum Gasteiger partial charge on any atom is 0.256 e. The van der Waals surface area contributed by atoms with Crippen molar-refractivity contribution in [2.24, 2.45) is 0 Å². The van der Waals surface area contributed by atoms with Gasteiger partial charge in [0.1, 0.15) is 12.1 Å². The zero-order chi connectivity index (χ0) is 23.6. The lowest BCUT2D eigenvalue weighted by Gasteiger charge is -2.37. The van der Waals surface area contributed by atoms with Crippen molar-refractivity contribution in [2.45, 2.75) is 71.4 Å². The molecule has 3 aromatic rings. The number of nitrogens with one attached hydrogen (secondary N) is 2. The normalized spacial score (nSPS) is 18.8. The molecule has 4 rings (SSSR count). The van der Waals surface area contributed by atoms with Gasteiger partial charge in [-0.2, -0.15) is 5.10 Å². The summed E-state index contributed by atoms with van der Waals surface area (Å²) in [7, 11) is 0. The summed E-state index contributed by atoms with van der Waals surface area (Å²) in [6, 6.07) is 7.44. The van der Waals surface area contributed by atoms with Crippen LogP contribution in [0.3, 0.4) is 0 Å². The SMILES string of the molecule is CCCCCc1ccc([C@]2(C)CC(c3ccn(C(C)C)n3)=C(c3nnc[nH]3)C(=O)N2)c(F)c1. The molecule has 7 nitrogen and oxygen atoms in total. The number of hydrogen-bond donors (Lipinski definition) is 2. The van der Waals surface area contributed by atoms with Crippen LogP contribution in [0.15, 0.2) is 36.8 Å². The first-order chi connectivity index (χ1) is 15.8. The fourth-order valence-corrected chi connectivity index (χ4v) is 4.42. The van der Waals surface area contributed by atoms with E-state index in [1.54, 1.807) is 12.1 Å². The fraction of sp³-hybridized carbons (Fsp3) is 0.440. The van der Waals surface area contributed by atoms with E-state index in [9.17, 15) is 4.79 Å². The number of hydrogen-bond acceptors (Lipinski definition) is 4. The predicted octanol–water partition coefficient (Wildman–Crippen LogP) is 4.80. The number of aryl methyl sites for hydroxylation is 1. The average molecular weight is 451 g/mol. The molecular formula is C25H31FN6O. The number of carbonyl (C=O) groups excluding carboxylic acids is 1. The van der Waals surface area contributed by atoms with E-state index in [0.717, 1.165) is 31.2 Å². The van der Waals surface area contributed by atoms with E-state index in [1.165, 1.54) is 6.33 Å². The van der Waals surface area contributed by atoms with Crippen molar-refractivity contribution < 1.29 is 9.18 Å². The first-order valence-electron chi connectivity index (χ1n) is 11.6. The Bertz CT molecular complexity index is 1160. The smallest absolute Gasteiger partial charge is 0.256 e. The summed E-state index contributed by atoms with van der Waals surface area (Å²) >= 11 is 0. The lowest BCUT2D eigenvalue weighted by Crippen LogP contribution is -2.48. The standard InChI is InChI=1S/C25H31FN6O/c1-5-6-7-8-17-9-10-19(20(26)13-17)25(4)14-18(21-11-12-32(31-21)16(2)3)22(24(33)29-25)23-27-15-28-30-23/h9-13,15-16H,5-8,14H2,1-4H3,(H,29,33)(H,27,28,30)/t25-/m0/s1. The highest BCUT2D eigenvalue weighted by atomic mass is 19.1. The molecule has 0 radical (unpaired) electrons. The van der Waals surface area contributed by atoms with E-state index in [2.05, 4.69) is 32.5 Å².